The molecular formula is C19H21N3S2. The zero-order valence-electron chi connectivity index (χ0n) is 14.2. The highest BCUT2D eigenvalue weighted by Gasteiger charge is 2.18. The lowest BCUT2D eigenvalue weighted by Gasteiger charge is -2.07. The molecule has 0 N–H and O–H groups in total. The van der Waals surface area contributed by atoms with Crippen LogP contribution in [0.3, 0.4) is 0 Å². The number of nitrogens with zero attached hydrogens (tertiary/aromatic N) is 3. The van der Waals surface area contributed by atoms with Crippen LogP contribution in [0.15, 0.2) is 57.3 Å². The topological polar surface area (TPSA) is 30.2 Å². The molecule has 0 amide bonds. The Balaban J connectivity index is 2.15. The fourth-order valence-corrected chi connectivity index (χ4v) is 4.40. The molecule has 0 aliphatic carbocycles. The van der Waals surface area contributed by atoms with E-state index in [0.717, 1.165) is 28.4 Å². The number of benzene rings is 1. The zero-order chi connectivity index (χ0) is 17.1. The SMILES string of the molecule is C=CSc1nn2c(CCC)c(C)cnc2c1Sc1cccc(C)c1. The Hall–Kier alpha value is -1.72. The van der Waals surface area contributed by atoms with Crippen LogP contribution in [0.1, 0.15) is 30.2 Å². The van der Waals surface area contributed by atoms with Crippen molar-refractivity contribution in [2.24, 2.45) is 0 Å². The summed E-state index contributed by atoms with van der Waals surface area (Å²) in [5.41, 5.74) is 4.61. The molecule has 124 valence electrons. The third-order valence-electron chi connectivity index (χ3n) is 3.77. The number of rotatable bonds is 6. The second-order valence-corrected chi connectivity index (χ2v) is 7.75. The van der Waals surface area contributed by atoms with Crippen molar-refractivity contribution in [1.82, 2.24) is 14.6 Å². The van der Waals surface area contributed by atoms with Gasteiger partial charge in [-0.1, -0.05) is 61.1 Å². The minimum absolute atomic E-state index is 0.930. The first kappa shape index (κ1) is 17.1. The van der Waals surface area contributed by atoms with Gasteiger partial charge in [-0.3, -0.25) is 0 Å². The summed E-state index contributed by atoms with van der Waals surface area (Å²) >= 11 is 3.28. The number of hydrogen-bond donors (Lipinski definition) is 0. The third-order valence-corrected chi connectivity index (χ3v) is 5.65. The van der Waals surface area contributed by atoms with Gasteiger partial charge in [-0.05, 0) is 43.4 Å². The third kappa shape index (κ3) is 3.37. The molecule has 0 aliphatic rings. The first-order chi connectivity index (χ1) is 11.6. The summed E-state index contributed by atoms with van der Waals surface area (Å²) in [6, 6.07) is 8.52. The maximum Gasteiger partial charge on any atom is 0.170 e. The lowest BCUT2D eigenvalue weighted by atomic mass is 10.2. The zero-order valence-corrected chi connectivity index (χ0v) is 15.9. The minimum atomic E-state index is 0.930. The van der Waals surface area contributed by atoms with Gasteiger partial charge in [0, 0.05) is 16.8 Å². The van der Waals surface area contributed by atoms with Gasteiger partial charge in [-0.2, -0.15) is 5.10 Å². The predicted molar refractivity (Wildman–Crippen MR) is 103 cm³/mol. The quantitative estimate of drug-likeness (QED) is 0.532. The molecule has 3 aromatic rings. The Morgan fingerprint density at radius 3 is 2.83 bits per heavy atom. The normalized spacial score (nSPS) is 11.1. The van der Waals surface area contributed by atoms with Gasteiger partial charge in [0.2, 0.25) is 0 Å². The van der Waals surface area contributed by atoms with Crippen LogP contribution >= 0.6 is 23.5 Å². The van der Waals surface area contributed by atoms with E-state index in [1.54, 1.807) is 23.5 Å². The van der Waals surface area contributed by atoms with E-state index in [1.165, 1.54) is 21.7 Å². The number of aromatic nitrogens is 3. The van der Waals surface area contributed by atoms with Gasteiger partial charge >= 0.3 is 0 Å². The fourth-order valence-electron chi connectivity index (χ4n) is 2.66. The van der Waals surface area contributed by atoms with Crippen LogP contribution in [0.4, 0.5) is 0 Å². The highest BCUT2D eigenvalue weighted by atomic mass is 32.2. The molecule has 0 saturated heterocycles. The van der Waals surface area contributed by atoms with E-state index in [9.17, 15) is 0 Å². The van der Waals surface area contributed by atoms with Gasteiger partial charge in [0.15, 0.2) is 5.65 Å². The molecule has 0 aliphatic heterocycles. The summed E-state index contributed by atoms with van der Waals surface area (Å²) in [5, 5.41) is 7.62. The molecule has 0 fully saturated rings. The van der Waals surface area contributed by atoms with Gasteiger partial charge in [0.25, 0.3) is 0 Å². The molecule has 3 nitrogen and oxygen atoms in total. The van der Waals surface area contributed by atoms with Crippen molar-refractivity contribution < 1.29 is 0 Å². The highest BCUT2D eigenvalue weighted by Crippen LogP contribution is 2.38. The van der Waals surface area contributed by atoms with Crippen molar-refractivity contribution in [3.63, 3.8) is 0 Å². The second-order valence-electron chi connectivity index (χ2n) is 5.71. The van der Waals surface area contributed by atoms with Crippen molar-refractivity contribution in [3.8, 4) is 0 Å². The molecule has 0 unspecified atom stereocenters. The molecule has 2 aromatic heterocycles. The van der Waals surface area contributed by atoms with Crippen LogP contribution < -0.4 is 0 Å². The van der Waals surface area contributed by atoms with Gasteiger partial charge in [-0.25, -0.2) is 9.50 Å². The Morgan fingerprint density at radius 2 is 2.12 bits per heavy atom. The molecular weight excluding hydrogens is 334 g/mol. The van der Waals surface area contributed by atoms with Crippen molar-refractivity contribution in [2.75, 3.05) is 0 Å². The monoisotopic (exact) mass is 355 g/mol. The van der Waals surface area contributed by atoms with Crippen LogP contribution in [0.25, 0.3) is 5.65 Å². The Labute approximate surface area is 151 Å². The molecule has 0 spiro atoms. The van der Waals surface area contributed by atoms with Crippen molar-refractivity contribution in [3.05, 3.63) is 59.3 Å². The predicted octanol–water partition coefficient (Wildman–Crippen LogP) is 5.69. The van der Waals surface area contributed by atoms with Crippen molar-refractivity contribution in [2.45, 2.75) is 48.4 Å². The van der Waals surface area contributed by atoms with E-state index < -0.39 is 0 Å². The van der Waals surface area contributed by atoms with E-state index >= 15 is 0 Å². The average Bonchev–Trinajstić information content (AvgIpc) is 2.89. The lowest BCUT2D eigenvalue weighted by Crippen LogP contribution is -2.03. The van der Waals surface area contributed by atoms with E-state index in [1.807, 2.05) is 16.1 Å². The molecule has 0 atom stereocenters. The van der Waals surface area contributed by atoms with Gasteiger partial charge in [0.05, 0.1) is 4.90 Å². The summed E-state index contributed by atoms with van der Waals surface area (Å²) in [7, 11) is 0. The van der Waals surface area contributed by atoms with Gasteiger partial charge < -0.3 is 0 Å². The van der Waals surface area contributed by atoms with Crippen LogP contribution in [-0.2, 0) is 6.42 Å². The molecule has 0 bridgehead atoms. The highest BCUT2D eigenvalue weighted by molar-refractivity contribution is 8.04. The number of fused-ring (bicyclic) bond motifs is 1. The first-order valence-corrected chi connectivity index (χ1v) is 9.73. The maximum atomic E-state index is 4.83. The van der Waals surface area contributed by atoms with Crippen LogP contribution in [-0.4, -0.2) is 14.6 Å². The van der Waals surface area contributed by atoms with E-state index in [4.69, 9.17) is 5.10 Å². The fraction of sp³-hybridized carbons (Fsp3) is 0.263. The number of hydrogen-bond acceptors (Lipinski definition) is 4. The summed E-state index contributed by atoms with van der Waals surface area (Å²) in [6.07, 6.45) is 4.05. The Morgan fingerprint density at radius 1 is 1.29 bits per heavy atom. The van der Waals surface area contributed by atoms with Crippen molar-refractivity contribution >= 4 is 29.2 Å². The van der Waals surface area contributed by atoms with Gasteiger partial charge in [-0.15, -0.1) is 0 Å². The van der Waals surface area contributed by atoms with Crippen LogP contribution in [0.5, 0.6) is 0 Å². The lowest BCUT2D eigenvalue weighted by molar-refractivity contribution is 0.767. The second kappa shape index (κ2) is 7.45. The number of thioether (sulfide) groups is 1. The Kier molecular flexibility index (Phi) is 5.31. The molecule has 2 heterocycles. The molecule has 5 heteroatoms. The van der Waals surface area contributed by atoms with E-state index in [-0.39, 0.29) is 0 Å². The standard InChI is InChI=1S/C19H21N3S2/c1-5-8-16-14(4)12-20-18-17(19(23-6-2)21-22(16)18)24-15-10-7-9-13(3)11-15/h6-7,9-12H,2,5,8H2,1,3-4H3. The van der Waals surface area contributed by atoms with Crippen LogP contribution in [0.2, 0.25) is 0 Å². The summed E-state index contributed by atoms with van der Waals surface area (Å²) < 4.78 is 2.02. The molecule has 3 rings (SSSR count). The van der Waals surface area contributed by atoms with Crippen molar-refractivity contribution in [1.29, 1.82) is 0 Å². The first-order valence-electron chi connectivity index (χ1n) is 8.03. The molecule has 0 radical (unpaired) electrons. The van der Waals surface area contributed by atoms with E-state index in [0.29, 0.717) is 0 Å². The molecule has 24 heavy (non-hydrogen) atoms. The summed E-state index contributed by atoms with van der Waals surface area (Å²) in [6.45, 7) is 10.3. The maximum absolute atomic E-state index is 4.83. The smallest absolute Gasteiger partial charge is 0.170 e. The van der Waals surface area contributed by atoms with E-state index in [2.05, 4.69) is 56.6 Å². The minimum Gasteiger partial charge on any atom is -0.236 e. The largest absolute Gasteiger partial charge is 0.236 e. The summed E-state index contributed by atoms with van der Waals surface area (Å²) in [5.74, 6) is 0. The Bertz CT molecular complexity index is 884. The molecule has 0 saturated carbocycles. The molecule has 1 aromatic carbocycles. The van der Waals surface area contributed by atoms with Crippen LogP contribution in [0, 0.1) is 13.8 Å². The summed E-state index contributed by atoms with van der Waals surface area (Å²) in [4.78, 5) is 6.98. The number of aryl methyl sites for hydroxylation is 3. The average molecular weight is 356 g/mol. The van der Waals surface area contributed by atoms with Gasteiger partial charge in [0.1, 0.15) is 5.03 Å².